The van der Waals surface area contributed by atoms with Gasteiger partial charge in [-0.3, -0.25) is 0 Å². The smallest absolute Gasteiger partial charge is 0.00170 e. The second-order valence-electron chi connectivity index (χ2n) is 13.6. The molecule has 3 rings (SSSR count). The van der Waals surface area contributed by atoms with Crippen molar-refractivity contribution in [1.29, 1.82) is 0 Å². The molecule has 0 radical (unpaired) electrons. The van der Waals surface area contributed by atoms with Crippen LogP contribution in [-0.2, 0) is 0 Å². The Morgan fingerprint density at radius 2 is 0.655 bits per heavy atom. The molecular formula is C28H52S. The van der Waals surface area contributed by atoms with E-state index < -0.39 is 0 Å². The molecule has 0 amide bonds. The Hall–Kier alpha value is 0.350. The Bertz CT molecular complexity index is 501. The summed E-state index contributed by atoms with van der Waals surface area (Å²) in [5.74, 6) is 4.75. The molecule has 3 aliphatic carbocycles. The third-order valence-electron chi connectivity index (χ3n) is 10.6. The highest BCUT2D eigenvalue weighted by Gasteiger charge is 2.45. The van der Waals surface area contributed by atoms with Crippen LogP contribution in [0.25, 0.3) is 0 Å². The van der Waals surface area contributed by atoms with Gasteiger partial charge in [-0.15, -0.1) is 0 Å². The normalized spacial score (nSPS) is 38.1. The Labute approximate surface area is 189 Å². The van der Waals surface area contributed by atoms with Gasteiger partial charge in [-0.2, -0.15) is 12.6 Å². The minimum absolute atomic E-state index is 0.505. The largest absolute Gasteiger partial charge is 0.176 e. The van der Waals surface area contributed by atoms with E-state index in [0.29, 0.717) is 21.5 Å². The highest BCUT2D eigenvalue weighted by atomic mass is 32.1. The predicted molar refractivity (Wildman–Crippen MR) is 133 cm³/mol. The van der Waals surface area contributed by atoms with E-state index in [9.17, 15) is 0 Å². The first-order valence-electron chi connectivity index (χ1n) is 13.1. The molecule has 0 nitrogen and oxygen atoms in total. The summed E-state index contributed by atoms with van der Waals surface area (Å²) in [6.07, 6.45) is 17.4. The average Bonchev–Trinajstić information content (AvgIpc) is 2.68. The lowest BCUT2D eigenvalue weighted by atomic mass is 9.54. The molecule has 0 unspecified atom stereocenters. The lowest BCUT2D eigenvalue weighted by molar-refractivity contribution is -0.00562. The van der Waals surface area contributed by atoms with Gasteiger partial charge in [0.05, 0.1) is 0 Å². The lowest BCUT2D eigenvalue weighted by Crippen LogP contribution is -2.41. The van der Waals surface area contributed by atoms with E-state index in [-0.39, 0.29) is 0 Å². The highest BCUT2D eigenvalue weighted by Crippen LogP contribution is 2.55. The molecule has 170 valence electrons. The number of rotatable bonds is 4. The van der Waals surface area contributed by atoms with Crippen LogP contribution in [0.3, 0.4) is 0 Å². The van der Waals surface area contributed by atoms with E-state index in [0.717, 1.165) is 29.6 Å². The van der Waals surface area contributed by atoms with Gasteiger partial charge >= 0.3 is 0 Å². The Morgan fingerprint density at radius 3 is 0.931 bits per heavy atom. The van der Waals surface area contributed by atoms with Crippen molar-refractivity contribution in [3.8, 4) is 0 Å². The first kappa shape index (κ1) is 24.0. The monoisotopic (exact) mass is 420 g/mol. The van der Waals surface area contributed by atoms with Gasteiger partial charge in [-0.05, 0) is 123 Å². The van der Waals surface area contributed by atoms with Gasteiger partial charge in [-0.1, -0.05) is 48.5 Å². The second-order valence-corrected chi connectivity index (χ2v) is 14.3. The van der Waals surface area contributed by atoms with Crippen LogP contribution in [0.5, 0.6) is 0 Å². The van der Waals surface area contributed by atoms with Crippen molar-refractivity contribution in [2.45, 2.75) is 131 Å². The highest BCUT2D eigenvalue weighted by molar-refractivity contribution is 7.80. The van der Waals surface area contributed by atoms with Crippen molar-refractivity contribution in [2.24, 2.45) is 45.8 Å². The SMILES string of the molecule is CC(C)(C)C1CCC(C(C)(C)C2CCC(C(C)(C)C3CCC(S)CC3)CC2)CC1. The summed E-state index contributed by atoms with van der Waals surface area (Å²) in [6, 6.07) is 0. The molecule has 0 spiro atoms. The van der Waals surface area contributed by atoms with Crippen molar-refractivity contribution < 1.29 is 0 Å². The molecule has 0 atom stereocenters. The maximum atomic E-state index is 4.74. The quantitative estimate of drug-likeness (QED) is 0.430. The van der Waals surface area contributed by atoms with Gasteiger partial charge in [0, 0.05) is 5.25 Å². The van der Waals surface area contributed by atoms with Crippen LogP contribution in [0.15, 0.2) is 0 Å². The number of hydrogen-bond acceptors (Lipinski definition) is 1. The van der Waals surface area contributed by atoms with Crippen LogP contribution in [0.2, 0.25) is 0 Å². The Morgan fingerprint density at radius 1 is 0.414 bits per heavy atom. The van der Waals surface area contributed by atoms with Crippen LogP contribution in [-0.4, -0.2) is 5.25 Å². The zero-order valence-corrected chi connectivity index (χ0v) is 21.8. The first-order valence-corrected chi connectivity index (χ1v) is 13.6. The van der Waals surface area contributed by atoms with Gasteiger partial charge in [-0.25, -0.2) is 0 Å². The summed E-state index contributed by atoms with van der Waals surface area (Å²) in [7, 11) is 0. The van der Waals surface area contributed by atoms with Crippen LogP contribution in [0.4, 0.5) is 0 Å². The predicted octanol–water partition coefficient (Wildman–Crippen LogP) is 9.19. The lowest BCUT2D eigenvalue weighted by Gasteiger charge is -2.51. The van der Waals surface area contributed by atoms with Crippen LogP contribution in [0, 0.1) is 45.8 Å². The van der Waals surface area contributed by atoms with Crippen molar-refractivity contribution >= 4 is 12.6 Å². The molecule has 0 N–H and O–H groups in total. The fraction of sp³-hybridized carbons (Fsp3) is 1.00. The summed E-state index contributed by atoms with van der Waals surface area (Å²) in [5, 5.41) is 0.673. The molecule has 1 heteroatoms. The third-order valence-corrected chi connectivity index (χ3v) is 11.1. The summed E-state index contributed by atoms with van der Waals surface area (Å²) in [5.41, 5.74) is 1.58. The second kappa shape index (κ2) is 9.07. The first-order chi connectivity index (χ1) is 13.4. The van der Waals surface area contributed by atoms with Crippen molar-refractivity contribution in [1.82, 2.24) is 0 Å². The molecule has 0 aromatic carbocycles. The average molecular weight is 421 g/mol. The summed E-state index contributed by atoms with van der Waals surface area (Å²) in [4.78, 5) is 0. The minimum atomic E-state index is 0.505. The van der Waals surface area contributed by atoms with Gasteiger partial charge in [0.1, 0.15) is 0 Å². The maximum Gasteiger partial charge on any atom is 0.00170 e. The molecule has 0 saturated heterocycles. The fourth-order valence-electron chi connectivity index (χ4n) is 7.77. The summed E-state index contributed by atoms with van der Waals surface area (Å²) >= 11 is 4.74. The van der Waals surface area contributed by atoms with E-state index in [1.165, 1.54) is 77.0 Å². The third kappa shape index (κ3) is 5.40. The Balaban J connectivity index is 1.53. The van der Waals surface area contributed by atoms with E-state index >= 15 is 0 Å². The fourth-order valence-corrected chi connectivity index (χ4v) is 8.07. The molecule has 0 aliphatic heterocycles. The maximum absolute atomic E-state index is 4.74. The zero-order valence-electron chi connectivity index (χ0n) is 20.9. The van der Waals surface area contributed by atoms with Crippen molar-refractivity contribution in [3.05, 3.63) is 0 Å². The van der Waals surface area contributed by atoms with E-state index in [1.54, 1.807) is 0 Å². The molecular weight excluding hydrogens is 368 g/mol. The van der Waals surface area contributed by atoms with Crippen molar-refractivity contribution in [3.63, 3.8) is 0 Å². The van der Waals surface area contributed by atoms with Gasteiger partial charge in [0.2, 0.25) is 0 Å². The zero-order chi connectivity index (χ0) is 21.4. The molecule has 3 fully saturated rings. The van der Waals surface area contributed by atoms with Crippen molar-refractivity contribution in [2.75, 3.05) is 0 Å². The molecule has 3 aliphatic rings. The van der Waals surface area contributed by atoms with Crippen LogP contribution in [0.1, 0.15) is 126 Å². The summed E-state index contributed by atoms with van der Waals surface area (Å²) < 4.78 is 0. The number of hydrogen-bond donors (Lipinski definition) is 1. The van der Waals surface area contributed by atoms with E-state index in [2.05, 4.69) is 48.5 Å². The van der Waals surface area contributed by atoms with Crippen LogP contribution >= 0.6 is 12.6 Å². The van der Waals surface area contributed by atoms with Crippen LogP contribution < -0.4 is 0 Å². The molecule has 0 aromatic heterocycles. The van der Waals surface area contributed by atoms with Gasteiger partial charge < -0.3 is 0 Å². The van der Waals surface area contributed by atoms with E-state index in [4.69, 9.17) is 12.6 Å². The van der Waals surface area contributed by atoms with E-state index in [1.807, 2.05) is 0 Å². The molecule has 29 heavy (non-hydrogen) atoms. The molecule has 0 heterocycles. The summed E-state index contributed by atoms with van der Waals surface area (Å²) in [6.45, 7) is 17.9. The minimum Gasteiger partial charge on any atom is -0.176 e. The Kier molecular flexibility index (Phi) is 7.51. The topological polar surface area (TPSA) is 0 Å². The number of thiol groups is 1. The standard InChI is InChI=1S/C28H52S/c1-26(2,3)20-8-10-21(11-9-20)27(4,5)22-12-14-23(15-13-22)28(6,7)24-16-18-25(29)19-17-24/h20-25,29H,8-19H2,1-7H3. The molecule has 3 saturated carbocycles. The molecule has 0 aromatic rings. The molecule has 0 bridgehead atoms. The van der Waals surface area contributed by atoms with Gasteiger partial charge in [0.25, 0.3) is 0 Å². The van der Waals surface area contributed by atoms with Gasteiger partial charge in [0.15, 0.2) is 0 Å².